The van der Waals surface area contributed by atoms with Gasteiger partial charge in [-0.2, -0.15) is 0 Å². The number of benzene rings is 2. The fourth-order valence-corrected chi connectivity index (χ4v) is 4.74. The van der Waals surface area contributed by atoms with E-state index in [2.05, 4.69) is 5.32 Å². The van der Waals surface area contributed by atoms with Crippen LogP contribution in [0.15, 0.2) is 48.5 Å². The minimum absolute atomic E-state index is 0.168. The Kier molecular flexibility index (Phi) is 6.64. The lowest BCUT2D eigenvalue weighted by molar-refractivity contribution is 0.0926. The summed E-state index contributed by atoms with van der Waals surface area (Å²) in [7, 11) is -1.66. The fraction of sp³-hybridized carbons (Fsp3) is 0.381. The lowest BCUT2D eigenvalue weighted by Crippen LogP contribution is -2.38. The van der Waals surface area contributed by atoms with E-state index < -0.39 is 10.0 Å². The molecule has 0 radical (unpaired) electrons. The summed E-state index contributed by atoms with van der Waals surface area (Å²) in [6.45, 7) is 2.66. The number of hydrogen-bond donors (Lipinski definition) is 1. The van der Waals surface area contributed by atoms with E-state index >= 15 is 0 Å². The molecule has 0 aliphatic carbocycles. The van der Waals surface area contributed by atoms with Crippen molar-refractivity contribution in [3.05, 3.63) is 54.1 Å². The number of anilines is 1. The van der Waals surface area contributed by atoms with Crippen molar-refractivity contribution in [3.8, 4) is 11.5 Å². The van der Waals surface area contributed by atoms with Crippen LogP contribution in [0.25, 0.3) is 0 Å². The first-order chi connectivity index (χ1) is 13.9. The van der Waals surface area contributed by atoms with E-state index in [1.165, 1.54) is 4.31 Å². The quantitative estimate of drug-likeness (QED) is 0.747. The monoisotopic (exact) mass is 418 g/mol. The van der Waals surface area contributed by atoms with E-state index in [0.717, 1.165) is 12.2 Å². The third-order valence-electron chi connectivity index (χ3n) is 4.70. The average molecular weight is 419 g/mol. The minimum Gasteiger partial charge on any atom is -0.497 e. The lowest BCUT2D eigenvalue weighted by atomic mass is 10.1. The Bertz CT molecular complexity index is 927. The van der Waals surface area contributed by atoms with E-state index in [4.69, 9.17) is 9.47 Å². The summed E-state index contributed by atoms with van der Waals surface area (Å²) in [5, 5.41) is 2.88. The van der Waals surface area contributed by atoms with Gasteiger partial charge in [0.15, 0.2) is 0 Å². The van der Waals surface area contributed by atoms with E-state index in [9.17, 15) is 13.2 Å². The Morgan fingerprint density at radius 1 is 1.07 bits per heavy atom. The van der Waals surface area contributed by atoms with E-state index in [0.29, 0.717) is 36.6 Å². The highest BCUT2D eigenvalue weighted by Crippen LogP contribution is 2.23. The van der Waals surface area contributed by atoms with Gasteiger partial charge in [0.1, 0.15) is 18.1 Å². The Hall–Kier alpha value is -2.74. The van der Waals surface area contributed by atoms with Gasteiger partial charge in [-0.25, -0.2) is 8.42 Å². The topological polar surface area (TPSA) is 84.9 Å². The van der Waals surface area contributed by atoms with Crippen LogP contribution in [0.5, 0.6) is 11.5 Å². The maximum atomic E-state index is 12.4. The summed E-state index contributed by atoms with van der Waals surface area (Å²) >= 11 is 0. The Balaban J connectivity index is 1.54. The smallest absolute Gasteiger partial charge is 0.251 e. The third kappa shape index (κ3) is 5.41. The highest BCUT2D eigenvalue weighted by atomic mass is 32.2. The molecule has 2 aromatic carbocycles. The van der Waals surface area contributed by atoms with Gasteiger partial charge in [-0.05, 0) is 68.3 Å². The lowest BCUT2D eigenvalue weighted by Gasteiger charge is -2.28. The van der Waals surface area contributed by atoms with Crippen molar-refractivity contribution < 1.29 is 22.7 Å². The highest BCUT2D eigenvalue weighted by Gasteiger charge is 2.26. The molecule has 1 atom stereocenters. The molecule has 1 fully saturated rings. The number of methoxy groups -OCH3 is 1. The summed E-state index contributed by atoms with van der Waals surface area (Å²) in [6, 6.07) is 13.7. The normalized spacial score (nSPS) is 16.7. The highest BCUT2D eigenvalue weighted by molar-refractivity contribution is 7.92. The van der Waals surface area contributed by atoms with Gasteiger partial charge in [0.2, 0.25) is 10.0 Å². The summed E-state index contributed by atoms with van der Waals surface area (Å²) in [5.74, 6) is 1.38. The number of amides is 1. The van der Waals surface area contributed by atoms with Crippen LogP contribution in [-0.2, 0) is 10.0 Å². The van der Waals surface area contributed by atoms with Gasteiger partial charge >= 0.3 is 0 Å². The second-order valence-electron chi connectivity index (χ2n) is 7.00. The fourth-order valence-electron chi connectivity index (χ4n) is 3.10. The average Bonchev–Trinajstić information content (AvgIpc) is 2.72. The summed E-state index contributed by atoms with van der Waals surface area (Å²) in [4.78, 5) is 12.4. The largest absolute Gasteiger partial charge is 0.497 e. The molecule has 0 spiro atoms. The van der Waals surface area contributed by atoms with Crippen molar-refractivity contribution in [1.82, 2.24) is 5.32 Å². The van der Waals surface area contributed by atoms with Gasteiger partial charge in [-0.15, -0.1) is 0 Å². The van der Waals surface area contributed by atoms with Crippen molar-refractivity contribution in [3.63, 3.8) is 0 Å². The summed E-state index contributed by atoms with van der Waals surface area (Å²) in [5.41, 5.74) is 1.07. The zero-order valence-electron chi connectivity index (χ0n) is 16.6. The molecule has 0 saturated carbocycles. The van der Waals surface area contributed by atoms with Crippen LogP contribution in [0.3, 0.4) is 0 Å². The third-order valence-corrected chi connectivity index (χ3v) is 6.57. The number of rotatable bonds is 7. The first kappa shape index (κ1) is 21.0. The van der Waals surface area contributed by atoms with Gasteiger partial charge in [0.25, 0.3) is 5.91 Å². The molecule has 1 heterocycles. The van der Waals surface area contributed by atoms with Crippen molar-refractivity contribution in [2.45, 2.75) is 25.8 Å². The molecule has 1 aliphatic rings. The first-order valence-corrected chi connectivity index (χ1v) is 11.2. The molecule has 1 saturated heterocycles. The summed E-state index contributed by atoms with van der Waals surface area (Å²) < 4.78 is 36.6. The van der Waals surface area contributed by atoms with Crippen molar-refractivity contribution in [2.75, 3.05) is 30.3 Å². The molecule has 0 bridgehead atoms. The van der Waals surface area contributed by atoms with Gasteiger partial charge in [0.05, 0.1) is 24.6 Å². The van der Waals surface area contributed by atoms with Gasteiger partial charge < -0.3 is 14.8 Å². The number of sulfonamides is 1. The minimum atomic E-state index is -3.26. The van der Waals surface area contributed by atoms with Gasteiger partial charge in [-0.3, -0.25) is 9.10 Å². The Morgan fingerprint density at radius 3 is 2.34 bits per heavy atom. The summed E-state index contributed by atoms with van der Waals surface area (Å²) in [6.07, 6.45) is 1.53. The predicted molar refractivity (Wildman–Crippen MR) is 112 cm³/mol. The molecular weight excluding hydrogens is 392 g/mol. The van der Waals surface area contributed by atoms with Gasteiger partial charge in [0, 0.05) is 12.1 Å². The molecular formula is C21H26N2O5S. The Labute approximate surface area is 171 Å². The zero-order valence-corrected chi connectivity index (χ0v) is 17.4. The number of nitrogens with zero attached hydrogens (tertiary/aromatic N) is 1. The molecule has 0 aromatic heterocycles. The van der Waals surface area contributed by atoms with Crippen LogP contribution in [0.4, 0.5) is 5.69 Å². The van der Waals surface area contributed by atoms with Crippen LogP contribution in [0, 0.1) is 0 Å². The molecule has 2 aromatic rings. The molecule has 156 valence electrons. The standard InChI is InChI=1S/C21H26N2O5S/c1-16(15-28-20-11-9-19(27-2)10-12-20)22-21(24)17-5-7-18(8-6-17)23-13-3-4-14-29(23,25)26/h5-12,16H,3-4,13-15H2,1-2H3,(H,22,24)/t16-/m1/s1. The predicted octanol–water partition coefficient (Wildman–Crippen LogP) is 2.82. The van der Waals surface area contributed by atoms with Crippen LogP contribution in [0.2, 0.25) is 0 Å². The molecule has 7 nitrogen and oxygen atoms in total. The van der Waals surface area contributed by atoms with E-state index in [1.54, 1.807) is 43.5 Å². The van der Waals surface area contributed by atoms with E-state index in [1.807, 2.05) is 19.1 Å². The van der Waals surface area contributed by atoms with Crippen LogP contribution in [0.1, 0.15) is 30.1 Å². The first-order valence-electron chi connectivity index (χ1n) is 9.57. The molecule has 8 heteroatoms. The SMILES string of the molecule is COc1ccc(OC[C@@H](C)NC(=O)c2ccc(N3CCCCS3(=O)=O)cc2)cc1. The zero-order chi connectivity index (χ0) is 20.9. The van der Waals surface area contributed by atoms with Crippen LogP contribution < -0.4 is 19.1 Å². The molecule has 3 rings (SSSR count). The second kappa shape index (κ2) is 9.17. The molecule has 1 amide bonds. The van der Waals surface area contributed by atoms with Crippen molar-refractivity contribution in [2.24, 2.45) is 0 Å². The number of hydrogen-bond acceptors (Lipinski definition) is 5. The maximum Gasteiger partial charge on any atom is 0.251 e. The van der Waals surface area contributed by atoms with Gasteiger partial charge in [-0.1, -0.05) is 0 Å². The molecule has 29 heavy (non-hydrogen) atoms. The number of carbonyl (C=O) groups is 1. The van der Waals surface area contributed by atoms with Crippen LogP contribution >= 0.6 is 0 Å². The molecule has 0 unspecified atom stereocenters. The van der Waals surface area contributed by atoms with E-state index in [-0.39, 0.29) is 17.7 Å². The molecule has 1 N–H and O–H groups in total. The number of nitrogens with one attached hydrogen (secondary N) is 1. The van der Waals surface area contributed by atoms with Crippen LogP contribution in [-0.4, -0.2) is 46.4 Å². The molecule has 1 aliphatic heterocycles. The Morgan fingerprint density at radius 2 is 1.72 bits per heavy atom. The second-order valence-corrected chi connectivity index (χ2v) is 9.02. The number of ether oxygens (including phenoxy) is 2. The van der Waals surface area contributed by atoms with Crippen molar-refractivity contribution in [1.29, 1.82) is 0 Å². The number of carbonyl (C=O) groups excluding carboxylic acids is 1. The maximum absolute atomic E-state index is 12.4. The van der Waals surface area contributed by atoms with Crippen molar-refractivity contribution >= 4 is 21.6 Å².